The summed E-state index contributed by atoms with van der Waals surface area (Å²) in [6.45, 7) is 4.34. The molecule has 2 amide bonds. The third-order valence-corrected chi connectivity index (χ3v) is 3.91. The summed E-state index contributed by atoms with van der Waals surface area (Å²) in [5.41, 5.74) is 0. The van der Waals surface area contributed by atoms with Crippen LogP contribution in [0.1, 0.15) is 63.5 Å². The molecule has 0 saturated heterocycles. The molecule has 6 heteroatoms. The second-order valence-corrected chi connectivity index (χ2v) is 5.66. The highest BCUT2D eigenvalue weighted by molar-refractivity contribution is 5.73. The van der Waals surface area contributed by atoms with Crippen molar-refractivity contribution < 1.29 is 4.79 Å². The van der Waals surface area contributed by atoms with E-state index in [-0.39, 0.29) is 6.03 Å². The fourth-order valence-electron chi connectivity index (χ4n) is 2.65. The summed E-state index contributed by atoms with van der Waals surface area (Å²) in [5.74, 6) is 1.93. The molecular weight excluding hydrogens is 266 g/mol. The summed E-state index contributed by atoms with van der Waals surface area (Å²) in [7, 11) is 0. The lowest BCUT2D eigenvalue weighted by molar-refractivity contribution is 0.240. The van der Waals surface area contributed by atoms with Gasteiger partial charge < -0.3 is 15.2 Å². The number of hydrogen-bond acceptors (Lipinski definition) is 3. The van der Waals surface area contributed by atoms with Crippen LogP contribution in [-0.4, -0.2) is 27.3 Å². The molecule has 1 aromatic rings. The van der Waals surface area contributed by atoms with Crippen molar-refractivity contribution in [2.75, 3.05) is 6.54 Å². The smallest absolute Gasteiger partial charge is 0.315 e. The fourth-order valence-corrected chi connectivity index (χ4v) is 2.65. The number of urea groups is 1. The van der Waals surface area contributed by atoms with Gasteiger partial charge in [0.1, 0.15) is 5.82 Å². The Morgan fingerprint density at radius 2 is 2.05 bits per heavy atom. The highest BCUT2D eigenvalue weighted by Gasteiger charge is 2.14. The zero-order valence-electron chi connectivity index (χ0n) is 13.0. The third-order valence-electron chi connectivity index (χ3n) is 3.91. The third kappa shape index (κ3) is 5.02. The summed E-state index contributed by atoms with van der Waals surface area (Å²) >= 11 is 0. The summed E-state index contributed by atoms with van der Waals surface area (Å²) < 4.78 is 2.16. The van der Waals surface area contributed by atoms with E-state index in [1.165, 1.54) is 38.5 Å². The van der Waals surface area contributed by atoms with Crippen LogP contribution in [0.5, 0.6) is 0 Å². The Kier molecular flexibility index (Phi) is 6.50. The number of nitrogens with zero attached hydrogens (tertiary/aromatic N) is 3. The first-order valence-corrected chi connectivity index (χ1v) is 8.24. The molecule has 2 heterocycles. The minimum atomic E-state index is -0.113. The Labute approximate surface area is 126 Å². The topological polar surface area (TPSA) is 71.8 Å². The van der Waals surface area contributed by atoms with Gasteiger partial charge in [-0.05, 0) is 19.3 Å². The van der Waals surface area contributed by atoms with Crippen LogP contribution in [0.4, 0.5) is 4.79 Å². The van der Waals surface area contributed by atoms with Gasteiger partial charge in [0, 0.05) is 19.5 Å². The highest BCUT2D eigenvalue weighted by atomic mass is 16.2. The Hall–Kier alpha value is -1.59. The standard InChI is InChI=1S/C15H27N5O/c1-2-3-4-7-10-16-15(21)17-12-14-19-18-13-9-6-5-8-11-20(13)14/h2-12H2,1H3,(H2,16,17,21). The van der Waals surface area contributed by atoms with Crippen molar-refractivity contribution in [1.82, 2.24) is 25.4 Å². The lowest BCUT2D eigenvalue weighted by Gasteiger charge is -2.09. The molecule has 0 spiro atoms. The first-order valence-electron chi connectivity index (χ1n) is 8.24. The van der Waals surface area contributed by atoms with E-state index in [0.29, 0.717) is 6.54 Å². The molecule has 0 fully saturated rings. The minimum Gasteiger partial charge on any atom is -0.338 e. The molecular formula is C15H27N5O. The number of aromatic nitrogens is 3. The number of aryl methyl sites for hydroxylation is 1. The van der Waals surface area contributed by atoms with E-state index in [1.54, 1.807) is 0 Å². The molecule has 1 aliphatic rings. The number of hydrogen-bond donors (Lipinski definition) is 2. The number of fused-ring (bicyclic) bond motifs is 1. The van der Waals surface area contributed by atoms with E-state index >= 15 is 0 Å². The van der Waals surface area contributed by atoms with Gasteiger partial charge in [0.15, 0.2) is 5.82 Å². The molecule has 0 saturated carbocycles. The van der Waals surface area contributed by atoms with E-state index < -0.39 is 0 Å². The summed E-state index contributed by atoms with van der Waals surface area (Å²) in [4.78, 5) is 11.7. The van der Waals surface area contributed by atoms with Crippen LogP contribution in [0.15, 0.2) is 0 Å². The van der Waals surface area contributed by atoms with Crippen LogP contribution in [0.25, 0.3) is 0 Å². The molecule has 0 atom stereocenters. The molecule has 0 bridgehead atoms. The van der Waals surface area contributed by atoms with E-state index in [1.807, 2.05) is 0 Å². The minimum absolute atomic E-state index is 0.113. The highest BCUT2D eigenvalue weighted by Crippen LogP contribution is 2.14. The fraction of sp³-hybridized carbons (Fsp3) is 0.800. The maximum Gasteiger partial charge on any atom is 0.315 e. The maximum absolute atomic E-state index is 11.7. The number of amides is 2. The average Bonchev–Trinajstić information content (AvgIpc) is 2.72. The number of nitrogens with one attached hydrogen (secondary N) is 2. The van der Waals surface area contributed by atoms with Crippen LogP contribution in [-0.2, 0) is 19.5 Å². The Bertz CT molecular complexity index is 443. The van der Waals surface area contributed by atoms with E-state index in [2.05, 4.69) is 32.3 Å². The summed E-state index contributed by atoms with van der Waals surface area (Å²) in [5, 5.41) is 14.2. The quantitative estimate of drug-likeness (QED) is 0.758. The molecule has 6 nitrogen and oxygen atoms in total. The van der Waals surface area contributed by atoms with E-state index in [9.17, 15) is 4.79 Å². The molecule has 118 valence electrons. The molecule has 0 radical (unpaired) electrons. The van der Waals surface area contributed by atoms with Crippen LogP contribution >= 0.6 is 0 Å². The van der Waals surface area contributed by atoms with Crippen molar-refractivity contribution in [1.29, 1.82) is 0 Å². The second-order valence-electron chi connectivity index (χ2n) is 5.66. The largest absolute Gasteiger partial charge is 0.338 e. The lowest BCUT2D eigenvalue weighted by atomic mass is 10.2. The van der Waals surface area contributed by atoms with Crippen molar-refractivity contribution in [3.8, 4) is 0 Å². The zero-order valence-corrected chi connectivity index (χ0v) is 13.0. The molecule has 2 rings (SSSR count). The average molecular weight is 293 g/mol. The van der Waals surface area contributed by atoms with Gasteiger partial charge in [-0.15, -0.1) is 10.2 Å². The van der Waals surface area contributed by atoms with Crippen LogP contribution in [0.2, 0.25) is 0 Å². The molecule has 1 aliphatic heterocycles. The zero-order chi connectivity index (χ0) is 14.9. The van der Waals surface area contributed by atoms with Crippen molar-refractivity contribution >= 4 is 6.03 Å². The van der Waals surface area contributed by atoms with Crippen molar-refractivity contribution in [2.45, 2.75) is 71.4 Å². The monoisotopic (exact) mass is 293 g/mol. The maximum atomic E-state index is 11.7. The Morgan fingerprint density at radius 3 is 2.90 bits per heavy atom. The molecule has 2 N–H and O–H groups in total. The SMILES string of the molecule is CCCCCCNC(=O)NCc1nnc2n1CCCCC2. The van der Waals surface area contributed by atoms with Gasteiger partial charge in [0.2, 0.25) is 0 Å². The number of carbonyl (C=O) groups is 1. The summed E-state index contributed by atoms with van der Waals surface area (Å²) in [6, 6.07) is -0.113. The number of carbonyl (C=O) groups excluding carboxylic acids is 1. The number of rotatable bonds is 7. The molecule has 0 aromatic carbocycles. The molecule has 0 aliphatic carbocycles. The molecule has 0 unspecified atom stereocenters. The van der Waals surface area contributed by atoms with Gasteiger partial charge in [0.25, 0.3) is 0 Å². The Balaban J connectivity index is 1.70. The number of unbranched alkanes of at least 4 members (excludes halogenated alkanes) is 3. The van der Waals surface area contributed by atoms with Gasteiger partial charge in [-0.1, -0.05) is 32.6 Å². The molecule has 21 heavy (non-hydrogen) atoms. The first-order chi connectivity index (χ1) is 10.3. The van der Waals surface area contributed by atoms with Gasteiger partial charge in [-0.25, -0.2) is 4.79 Å². The van der Waals surface area contributed by atoms with Gasteiger partial charge in [-0.2, -0.15) is 0 Å². The normalized spacial score (nSPS) is 14.3. The predicted molar refractivity (Wildman–Crippen MR) is 82.0 cm³/mol. The second kappa shape index (κ2) is 8.64. The van der Waals surface area contributed by atoms with Crippen LogP contribution in [0, 0.1) is 0 Å². The Morgan fingerprint density at radius 1 is 1.14 bits per heavy atom. The van der Waals surface area contributed by atoms with E-state index in [4.69, 9.17) is 0 Å². The van der Waals surface area contributed by atoms with Crippen LogP contribution < -0.4 is 10.6 Å². The van der Waals surface area contributed by atoms with Crippen molar-refractivity contribution in [3.63, 3.8) is 0 Å². The van der Waals surface area contributed by atoms with E-state index in [0.717, 1.165) is 37.6 Å². The van der Waals surface area contributed by atoms with Crippen molar-refractivity contribution in [3.05, 3.63) is 11.6 Å². The van der Waals surface area contributed by atoms with Crippen molar-refractivity contribution in [2.24, 2.45) is 0 Å². The molecule has 1 aromatic heterocycles. The van der Waals surface area contributed by atoms with Gasteiger partial charge in [0.05, 0.1) is 6.54 Å². The summed E-state index contributed by atoms with van der Waals surface area (Å²) in [6.07, 6.45) is 9.26. The predicted octanol–water partition coefficient (Wildman–Crippen LogP) is 2.38. The first kappa shape index (κ1) is 15.8. The van der Waals surface area contributed by atoms with Gasteiger partial charge in [-0.3, -0.25) is 0 Å². The van der Waals surface area contributed by atoms with Gasteiger partial charge >= 0.3 is 6.03 Å². The lowest BCUT2D eigenvalue weighted by Crippen LogP contribution is -2.36. The van der Waals surface area contributed by atoms with Crippen LogP contribution in [0.3, 0.4) is 0 Å².